The number of piperazine rings is 1. The molecule has 0 spiro atoms. The molecule has 0 atom stereocenters. The van der Waals surface area contributed by atoms with Crippen LogP contribution in [-0.2, 0) is 0 Å². The molecule has 2 aromatic heterocycles. The lowest BCUT2D eigenvalue weighted by Crippen LogP contribution is -2.46. The second-order valence-electron chi connectivity index (χ2n) is 7.44. The summed E-state index contributed by atoms with van der Waals surface area (Å²) in [6, 6.07) is 12.0. The van der Waals surface area contributed by atoms with Crippen LogP contribution in [0.2, 0.25) is 0 Å². The number of rotatable bonds is 9. The highest BCUT2D eigenvalue weighted by Crippen LogP contribution is 2.28. The first-order valence-corrected chi connectivity index (χ1v) is 10.4. The fourth-order valence-corrected chi connectivity index (χ4v) is 3.96. The van der Waals surface area contributed by atoms with E-state index in [4.69, 9.17) is 9.47 Å². The average Bonchev–Trinajstić information content (AvgIpc) is 3.23. The van der Waals surface area contributed by atoms with Crippen molar-refractivity contribution in [3.8, 4) is 11.5 Å². The molecule has 4 rings (SSSR count). The Morgan fingerprint density at radius 2 is 1.83 bits per heavy atom. The minimum absolute atomic E-state index is 0.554. The second-order valence-corrected chi connectivity index (χ2v) is 7.44. The van der Waals surface area contributed by atoms with Crippen molar-refractivity contribution in [3.63, 3.8) is 0 Å². The number of fused-ring (bicyclic) bond motifs is 1. The fourth-order valence-electron chi connectivity index (χ4n) is 3.96. The van der Waals surface area contributed by atoms with E-state index in [0.29, 0.717) is 17.9 Å². The molecule has 3 heterocycles. The first-order chi connectivity index (χ1) is 14.8. The van der Waals surface area contributed by atoms with Crippen molar-refractivity contribution >= 4 is 17.5 Å². The highest BCUT2D eigenvalue weighted by atomic mass is 16.5. The largest absolute Gasteiger partial charge is 0.495 e. The van der Waals surface area contributed by atoms with E-state index < -0.39 is 0 Å². The van der Waals surface area contributed by atoms with E-state index in [1.165, 1.54) is 5.69 Å². The molecule has 3 aromatic rings. The number of pyridine rings is 1. The molecule has 1 aliphatic rings. The maximum atomic E-state index is 11.2. The van der Waals surface area contributed by atoms with Crippen molar-refractivity contribution in [2.75, 3.05) is 51.3 Å². The zero-order valence-electron chi connectivity index (χ0n) is 17.4. The number of anilines is 1. The molecular formula is C23H28N4O3. The van der Waals surface area contributed by atoms with Gasteiger partial charge in [0.2, 0.25) is 0 Å². The summed E-state index contributed by atoms with van der Waals surface area (Å²) in [7, 11) is 1.73. The van der Waals surface area contributed by atoms with Crippen LogP contribution in [0.3, 0.4) is 0 Å². The third-order valence-electron chi connectivity index (χ3n) is 5.58. The lowest BCUT2D eigenvalue weighted by atomic mass is 10.2. The van der Waals surface area contributed by atoms with Gasteiger partial charge in [-0.1, -0.05) is 12.1 Å². The van der Waals surface area contributed by atoms with Gasteiger partial charge in [-0.05, 0) is 43.7 Å². The summed E-state index contributed by atoms with van der Waals surface area (Å²) in [6.45, 7) is 5.82. The minimum atomic E-state index is 0.554. The van der Waals surface area contributed by atoms with E-state index in [0.717, 1.165) is 63.1 Å². The van der Waals surface area contributed by atoms with Crippen LogP contribution in [0.15, 0.2) is 48.8 Å². The first kappa shape index (κ1) is 20.2. The Balaban J connectivity index is 1.20. The third-order valence-corrected chi connectivity index (χ3v) is 5.58. The summed E-state index contributed by atoms with van der Waals surface area (Å²) < 4.78 is 13.1. The van der Waals surface area contributed by atoms with E-state index in [1.54, 1.807) is 17.8 Å². The molecule has 158 valence electrons. The van der Waals surface area contributed by atoms with Crippen LogP contribution in [0, 0.1) is 0 Å². The Labute approximate surface area is 176 Å². The zero-order chi connectivity index (χ0) is 20.8. The molecule has 0 aliphatic carbocycles. The topological polar surface area (TPSA) is 59.3 Å². The van der Waals surface area contributed by atoms with Gasteiger partial charge in [0.1, 0.15) is 17.0 Å². The van der Waals surface area contributed by atoms with Gasteiger partial charge in [-0.25, -0.2) is 4.52 Å². The number of para-hydroxylation sites is 2. The number of unbranched alkanes of at least 4 members (excludes halogenated alkanes) is 1. The summed E-state index contributed by atoms with van der Waals surface area (Å²) >= 11 is 0. The highest BCUT2D eigenvalue weighted by Gasteiger charge is 2.19. The molecule has 0 saturated carbocycles. The number of methoxy groups -OCH3 is 1. The van der Waals surface area contributed by atoms with Gasteiger partial charge in [-0.2, -0.15) is 5.10 Å². The van der Waals surface area contributed by atoms with Crippen molar-refractivity contribution in [1.29, 1.82) is 0 Å². The molecule has 0 N–H and O–H groups in total. The number of hydrogen-bond donors (Lipinski definition) is 0. The number of nitrogens with zero attached hydrogens (tertiary/aromatic N) is 4. The summed E-state index contributed by atoms with van der Waals surface area (Å²) in [5.41, 5.74) is 2.47. The third kappa shape index (κ3) is 4.41. The maximum absolute atomic E-state index is 11.2. The molecule has 30 heavy (non-hydrogen) atoms. The van der Waals surface area contributed by atoms with E-state index in [2.05, 4.69) is 27.0 Å². The van der Waals surface area contributed by atoms with Gasteiger partial charge in [-0.3, -0.25) is 9.69 Å². The maximum Gasteiger partial charge on any atom is 0.153 e. The van der Waals surface area contributed by atoms with Gasteiger partial charge < -0.3 is 14.4 Å². The average molecular weight is 409 g/mol. The number of aldehydes is 1. The first-order valence-electron chi connectivity index (χ1n) is 10.4. The predicted molar refractivity (Wildman–Crippen MR) is 117 cm³/mol. The lowest BCUT2D eigenvalue weighted by Gasteiger charge is -2.36. The number of hydrogen-bond acceptors (Lipinski definition) is 6. The van der Waals surface area contributed by atoms with Crippen molar-refractivity contribution in [3.05, 3.63) is 54.4 Å². The summed E-state index contributed by atoms with van der Waals surface area (Å²) in [5.74, 6) is 1.65. The number of aromatic nitrogens is 2. The van der Waals surface area contributed by atoms with E-state index in [9.17, 15) is 4.79 Å². The molecule has 7 nitrogen and oxygen atoms in total. The quantitative estimate of drug-likeness (QED) is 0.401. The van der Waals surface area contributed by atoms with Gasteiger partial charge in [0.25, 0.3) is 0 Å². The van der Waals surface area contributed by atoms with E-state index in [1.807, 2.05) is 30.5 Å². The fraction of sp³-hybridized carbons (Fsp3) is 0.391. The van der Waals surface area contributed by atoms with Crippen LogP contribution in [0.4, 0.5) is 5.69 Å². The van der Waals surface area contributed by atoms with E-state index >= 15 is 0 Å². The summed E-state index contributed by atoms with van der Waals surface area (Å²) in [4.78, 5) is 16.1. The predicted octanol–water partition coefficient (Wildman–Crippen LogP) is 3.14. The molecule has 0 unspecified atom stereocenters. The molecule has 0 bridgehead atoms. The molecule has 0 amide bonds. The lowest BCUT2D eigenvalue weighted by molar-refractivity contribution is 0.112. The van der Waals surface area contributed by atoms with E-state index in [-0.39, 0.29) is 0 Å². The monoisotopic (exact) mass is 408 g/mol. The normalized spacial score (nSPS) is 14.8. The van der Waals surface area contributed by atoms with Crippen molar-refractivity contribution < 1.29 is 14.3 Å². The Kier molecular flexibility index (Phi) is 6.49. The van der Waals surface area contributed by atoms with Crippen LogP contribution < -0.4 is 14.4 Å². The number of carbonyl (C=O) groups is 1. The van der Waals surface area contributed by atoms with Crippen LogP contribution in [-0.4, -0.2) is 67.2 Å². The SMILES string of the molecule is COc1ccccc1N1CCN(CCCCOc2cccn3ncc(C=O)c23)CC1. The molecule has 1 saturated heterocycles. The molecule has 1 fully saturated rings. The van der Waals surface area contributed by atoms with Gasteiger partial charge in [0.15, 0.2) is 6.29 Å². The van der Waals surface area contributed by atoms with Gasteiger partial charge in [0.05, 0.1) is 31.2 Å². The van der Waals surface area contributed by atoms with Crippen LogP contribution in [0.5, 0.6) is 11.5 Å². The Morgan fingerprint density at radius 3 is 2.63 bits per heavy atom. The highest BCUT2D eigenvalue weighted by molar-refractivity contribution is 5.88. The standard InChI is InChI=1S/C23H28N4O3/c1-29-21-8-3-2-7-20(21)26-14-12-25(13-15-26)10-4-5-16-30-22-9-6-11-27-23(22)19(18-28)17-24-27/h2-3,6-9,11,17-18H,4-5,10,12-16H2,1H3. The van der Waals surface area contributed by atoms with Gasteiger partial charge in [0, 0.05) is 32.4 Å². The number of ether oxygens (including phenoxy) is 2. The van der Waals surface area contributed by atoms with Crippen molar-refractivity contribution in [2.24, 2.45) is 0 Å². The molecular weight excluding hydrogens is 380 g/mol. The van der Waals surface area contributed by atoms with Gasteiger partial charge in [-0.15, -0.1) is 0 Å². The van der Waals surface area contributed by atoms with Crippen LogP contribution in [0.1, 0.15) is 23.2 Å². The Hall–Kier alpha value is -3.06. The Bertz CT molecular complexity index is 979. The van der Waals surface area contributed by atoms with Crippen LogP contribution >= 0.6 is 0 Å². The summed E-state index contributed by atoms with van der Waals surface area (Å²) in [6.07, 6.45) is 6.26. The number of carbonyl (C=O) groups excluding carboxylic acids is 1. The zero-order valence-corrected chi connectivity index (χ0v) is 17.4. The second kappa shape index (κ2) is 9.63. The minimum Gasteiger partial charge on any atom is -0.495 e. The molecule has 0 radical (unpaired) electrons. The number of benzene rings is 1. The smallest absolute Gasteiger partial charge is 0.153 e. The molecule has 7 heteroatoms. The van der Waals surface area contributed by atoms with Gasteiger partial charge >= 0.3 is 0 Å². The van der Waals surface area contributed by atoms with Crippen LogP contribution in [0.25, 0.3) is 5.52 Å². The summed E-state index contributed by atoms with van der Waals surface area (Å²) in [5, 5.41) is 4.18. The molecule has 1 aliphatic heterocycles. The molecule has 1 aromatic carbocycles. The van der Waals surface area contributed by atoms with Crippen molar-refractivity contribution in [2.45, 2.75) is 12.8 Å². The van der Waals surface area contributed by atoms with Crippen molar-refractivity contribution in [1.82, 2.24) is 14.5 Å². The Morgan fingerprint density at radius 1 is 1.03 bits per heavy atom.